The van der Waals surface area contributed by atoms with Crippen LogP contribution in [0, 0.1) is 11.8 Å². The van der Waals surface area contributed by atoms with E-state index in [1.54, 1.807) is 0 Å². The van der Waals surface area contributed by atoms with Gasteiger partial charge in [-0.15, -0.1) is 11.3 Å². The van der Waals surface area contributed by atoms with Crippen LogP contribution >= 0.6 is 11.3 Å². The first-order valence-corrected chi connectivity index (χ1v) is 10.2. The number of carbonyl (C=O) groups is 1. The summed E-state index contributed by atoms with van der Waals surface area (Å²) in [6.07, 6.45) is 7.83. The van der Waals surface area contributed by atoms with E-state index in [2.05, 4.69) is 4.72 Å². The lowest BCUT2D eigenvalue weighted by Gasteiger charge is -2.39. The summed E-state index contributed by atoms with van der Waals surface area (Å²) in [5, 5.41) is 10.6. The van der Waals surface area contributed by atoms with Crippen molar-refractivity contribution >= 4 is 27.3 Å². The molecule has 0 amide bonds. The van der Waals surface area contributed by atoms with Gasteiger partial charge in [0.25, 0.3) is 0 Å². The zero-order valence-electron chi connectivity index (χ0n) is 12.3. The Hall–Kier alpha value is -0.920. The van der Waals surface area contributed by atoms with E-state index in [-0.39, 0.29) is 15.8 Å². The van der Waals surface area contributed by atoms with Crippen LogP contribution < -0.4 is 4.72 Å². The second-order valence-electron chi connectivity index (χ2n) is 6.36. The largest absolute Gasteiger partial charge is 0.477 e. The van der Waals surface area contributed by atoms with Crippen LogP contribution in [-0.2, 0) is 10.0 Å². The molecule has 1 heterocycles. The van der Waals surface area contributed by atoms with Gasteiger partial charge in [-0.05, 0) is 42.5 Å². The van der Waals surface area contributed by atoms with Gasteiger partial charge in [0.1, 0.15) is 9.77 Å². The summed E-state index contributed by atoms with van der Waals surface area (Å²) >= 11 is 0.946. The molecule has 0 aliphatic heterocycles. The summed E-state index contributed by atoms with van der Waals surface area (Å²) in [5.74, 6) is 0.188. The first-order chi connectivity index (χ1) is 10.5. The molecule has 0 radical (unpaired) electrons. The van der Waals surface area contributed by atoms with Gasteiger partial charge in [0.15, 0.2) is 0 Å². The van der Waals surface area contributed by atoms with Crippen LogP contribution in [0.5, 0.6) is 0 Å². The molecular formula is C15H21NO4S2. The molecule has 7 heteroatoms. The van der Waals surface area contributed by atoms with Crippen molar-refractivity contribution in [2.75, 3.05) is 0 Å². The molecule has 2 aliphatic rings. The average molecular weight is 343 g/mol. The van der Waals surface area contributed by atoms with Crippen LogP contribution in [0.3, 0.4) is 0 Å². The Labute approximate surface area is 134 Å². The van der Waals surface area contributed by atoms with Crippen LogP contribution in [0.2, 0.25) is 0 Å². The van der Waals surface area contributed by atoms with Gasteiger partial charge in [-0.2, -0.15) is 0 Å². The molecule has 22 heavy (non-hydrogen) atoms. The molecule has 2 saturated carbocycles. The minimum absolute atomic E-state index is 0.0640. The van der Waals surface area contributed by atoms with Crippen molar-refractivity contribution in [3.63, 3.8) is 0 Å². The highest BCUT2D eigenvalue weighted by atomic mass is 32.2. The van der Waals surface area contributed by atoms with E-state index in [9.17, 15) is 13.2 Å². The Balaban J connectivity index is 1.72. The fourth-order valence-corrected chi connectivity index (χ4v) is 6.47. The van der Waals surface area contributed by atoms with E-state index in [0.717, 1.165) is 36.5 Å². The Morgan fingerprint density at radius 2 is 1.91 bits per heavy atom. The highest BCUT2D eigenvalue weighted by molar-refractivity contribution is 7.89. The highest BCUT2D eigenvalue weighted by Crippen LogP contribution is 2.40. The molecule has 3 atom stereocenters. The molecule has 0 unspecified atom stereocenters. The number of sulfonamides is 1. The van der Waals surface area contributed by atoms with E-state index in [4.69, 9.17) is 5.11 Å². The van der Waals surface area contributed by atoms with E-state index in [0.29, 0.717) is 5.92 Å². The molecule has 122 valence electrons. The molecular weight excluding hydrogens is 322 g/mol. The highest BCUT2D eigenvalue weighted by Gasteiger charge is 2.35. The predicted molar refractivity (Wildman–Crippen MR) is 84.7 cm³/mol. The maximum Gasteiger partial charge on any atom is 0.347 e. The number of aromatic carboxylic acids is 1. The van der Waals surface area contributed by atoms with E-state index in [1.165, 1.54) is 37.1 Å². The number of hydrogen-bond donors (Lipinski definition) is 2. The van der Waals surface area contributed by atoms with Gasteiger partial charge in [-0.1, -0.05) is 25.7 Å². The maximum atomic E-state index is 12.5. The van der Waals surface area contributed by atoms with Crippen LogP contribution in [-0.4, -0.2) is 25.5 Å². The summed E-state index contributed by atoms with van der Waals surface area (Å²) < 4.78 is 27.7. The van der Waals surface area contributed by atoms with Crippen molar-refractivity contribution in [1.29, 1.82) is 0 Å². The SMILES string of the molecule is O=C(O)c1sccc1S(=O)(=O)N[C@@H]1CC[C@@H]2CCCC[C@@H]2C1. The molecule has 5 nitrogen and oxygen atoms in total. The van der Waals surface area contributed by atoms with Gasteiger partial charge < -0.3 is 5.11 Å². The van der Waals surface area contributed by atoms with Crippen molar-refractivity contribution in [2.24, 2.45) is 11.8 Å². The number of carboxylic acids is 1. The predicted octanol–water partition coefficient (Wildman–Crippen LogP) is 3.08. The molecule has 0 bridgehead atoms. The molecule has 1 aromatic heterocycles. The third-order valence-electron chi connectivity index (χ3n) is 4.97. The molecule has 0 saturated heterocycles. The number of hydrogen-bond acceptors (Lipinski definition) is 4. The fourth-order valence-electron chi connectivity index (χ4n) is 3.93. The minimum atomic E-state index is -3.75. The van der Waals surface area contributed by atoms with Crippen LogP contribution in [0.1, 0.15) is 54.6 Å². The number of carboxylic acid groups (broad SMARTS) is 1. The summed E-state index contributed by atoms with van der Waals surface area (Å²) in [7, 11) is -3.75. The van der Waals surface area contributed by atoms with E-state index >= 15 is 0 Å². The van der Waals surface area contributed by atoms with E-state index in [1.807, 2.05) is 0 Å². The van der Waals surface area contributed by atoms with Crippen LogP contribution in [0.25, 0.3) is 0 Å². The van der Waals surface area contributed by atoms with Crippen LogP contribution in [0.15, 0.2) is 16.3 Å². The lowest BCUT2D eigenvalue weighted by molar-refractivity contribution is 0.0698. The topological polar surface area (TPSA) is 83.5 Å². The first-order valence-electron chi connectivity index (χ1n) is 7.80. The van der Waals surface area contributed by atoms with Crippen molar-refractivity contribution in [3.8, 4) is 0 Å². The molecule has 1 aromatic rings. The smallest absolute Gasteiger partial charge is 0.347 e. The van der Waals surface area contributed by atoms with Crippen molar-refractivity contribution in [2.45, 2.75) is 55.9 Å². The lowest BCUT2D eigenvalue weighted by atomic mass is 9.70. The van der Waals surface area contributed by atoms with Gasteiger partial charge in [-0.3, -0.25) is 0 Å². The second kappa shape index (κ2) is 6.29. The Bertz CT molecular complexity index is 652. The minimum Gasteiger partial charge on any atom is -0.477 e. The third-order valence-corrected chi connectivity index (χ3v) is 7.57. The van der Waals surface area contributed by atoms with Gasteiger partial charge in [0.2, 0.25) is 10.0 Å². The van der Waals surface area contributed by atoms with Gasteiger partial charge in [0, 0.05) is 6.04 Å². The second-order valence-corrected chi connectivity index (χ2v) is 8.95. The molecule has 0 spiro atoms. The number of thiophene rings is 1. The normalized spacial score (nSPS) is 29.0. The number of fused-ring (bicyclic) bond motifs is 1. The number of nitrogens with one attached hydrogen (secondary N) is 1. The summed E-state index contributed by atoms with van der Waals surface area (Å²) in [6.45, 7) is 0. The first kappa shape index (κ1) is 16.0. The van der Waals surface area contributed by atoms with Crippen molar-refractivity contribution in [1.82, 2.24) is 4.72 Å². The third kappa shape index (κ3) is 3.21. The van der Waals surface area contributed by atoms with Crippen LogP contribution in [0.4, 0.5) is 0 Å². The molecule has 0 aromatic carbocycles. The molecule has 2 N–H and O–H groups in total. The molecule has 2 fully saturated rings. The Morgan fingerprint density at radius 1 is 1.18 bits per heavy atom. The fraction of sp³-hybridized carbons (Fsp3) is 0.667. The quantitative estimate of drug-likeness (QED) is 0.880. The van der Waals surface area contributed by atoms with Gasteiger partial charge >= 0.3 is 5.97 Å². The summed E-state index contributed by atoms with van der Waals surface area (Å²) in [6, 6.07) is 1.31. The standard InChI is InChI=1S/C15H21NO4S2/c17-15(18)14-13(7-8-21-14)22(19,20)16-12-6-5-10-3-1-2-4-11(10)9-12/h7-8,10-12,16H,1-6,9H2,(H,17,18)/t10-,11+,12+/m0/s1. The van der Waals surface area contributed by atoms with Gasteiger partial charge in [0.05, 0.1) is 0 Å². The Morgan fingerprint density at radius 3 is 2.64 bits per heavy atom. The molecule has 3 rings (SSSR count). The Kier molecular flexibility index (Phi) is 4.56. The van der Waals surface area contributed by atoms with Crippen molar-refractivity contribution < 1.29 is 18.3 Å². The summed E-state index contributed by atoms with van der Waals surface area (Å²) in [4.78, 5) is 10.9. The molecule has 2 aliphatic carbocycles. The van der Waals surface area contributed by atoms with E-state index < -0.39 is 16.0 Å². The zero-order valence-corrected chi connectivity index (χ0v) is 14.0. The monoisotopic (exact) mass is 343 g/mol. The average Bonchev–Trinajstić information content (AvgIpc) is 2.97. The zero-order chi connectivity index (χ0) is 15.7. The summed E-state index contributed by atoms with van der Waals surface area (Å²) in [5.41, 5.74) is 0. The van der Waals surface area contributed by atoms with Gasteiger partial charge in [-0.25, -0.2) is 17.9 Å². The number of rotatable bonds is 4. The van der Waals surface area contributed by atoms with Crippen molar-refractivity contribution in [3.05, 3.63) is 16.3 Å². The lowest BCUT2D eigenvalue weighted by Crippen LogP contribution is -2.41. The maximum absolute atomic E-state index is 12.5.